The molecule has 0 heterocycles. The summed E-state index contributed by atoms with van der Waals surface area (Å²) in [4.78, 5) is 0. The lowest BCUT2D eigenvalue weighted by atomic mass is 9.82. The Labute approximate surface area is 107 Å². The van der Waals surface area contributed by atoms with Gasteiger partial charge in [-0.1, -0.05) is 46.5 Å². The molecule has 0 aromatic heterocycles. The Kier molecular flexibility index (Phi) is 8.05. The number of unbranched alkanes of at least 4 members (excludes halogenated alkanes) is 3. The third-order valence-corrected chi connectivity index (χ3v) is 3.83. The Morgan fingerprint density at radius 3 is 2.12 bits per heavy atom. The van der Waals surface area contributed by atoms with E-state index in [1.807, 2.05) is 0 Å². The lowest BCUT2D eigenvalue weighted by Gasteiger charge is -2.24. The minimum atomic E-state index is -3.00. The number of hydrogen-bond acceptors (Lipinski definition) is 2. The highest BCUT2D eigenvalue weighted by Gasteiger charge is 2.15. The lowest BCUT2D eigenvalue weighted by Crippen LogP contribution is -2.22. The van der Waals surface area contributed by atoms with E-state index in [-0.39, 0.29) is 0 Å². The molecule has 0 rings (SSSR count). The van der Waals surface area contributed by atoms with Crippen molar-refractivity contribution in [2.45, 2.75) is 65.7 Å². The van der Waals surface area contributed by atoms with Crippen molar-refractivity contribution in [2.75, 3.05) is 12.8 Å². The van der Waals surface area contributed by atoms with Crippen molar-refractivity contribution in [2.24, 2.45) is 5.41 Å². The highest BCUT2D eigenvalue weighted by atomic mass is 32.2. The van der Waals surface area contributed by atoms with Crippen LogP contribution in [0.3, 0.4) is 0 Å². The molecule has 0 fully saturated rings. The highest BCUT2D eigenvalue weighted by molar-refractivity contribution is 7.88. The highest BCUT2D eigenvalue weighted by Crippen LogP contribution is 2.29. The van der Waals surface area contributed by atoms with Gasteiger partial charge in [0.1, 0.15) is 0 Å². The van der Waals surface area contributed by atoms with E-state index < -0.39 is 10.0 Å². The predicted molar refractivity (Wildman–Crippen MR) is 74.6 cm³/mol. The minimum absolute atomic E-state index is 0.445. The molecule has 1 N–H and O–H groups in total. The first kappa shape index (κ1) is 16.9. The second kappa shape index (κ2) is 8.09. The van der Waals surface area contributed by atoms with E-state index in [0.717, 1.165) is 12.8 Å². The molecule has 104 valence electrons. The molecule has 0 aromatic rings. The molecule has 17 heavy (non-hydrogen) atoms. The molecule has 0 bridgehead atoms. The normalized spacial score (nSPS) is 12.9. The fourth-order valence-corrected chi connectivity index (χ4v) is 2.46. The third-order valence-electron chi connectivity index (χ3n) is 3.10. The van der Waals surface area contributed by atoms with Gasteiger partial charge in [-0.25, -0.2) is 13.1 Å². The van der Waals surface area contributed by atoms with Crippen LogP contribution in [0.5, 0.6) is 0 Å². The smallest absolute Gasteiger partial charge is 0.208 e. The van der Waals surface area contributed by atoms with Crippen molar-refractivity contribution >= 4 is 10.0 Å². The largest absolute Gasteiger partial charge is 0.215 e. The van der Waals surface area contributed by atoms with Crippen molar-refractivity contribution in [1.29, 1.82) is 0 Å². The SMILES string of the molecule is CCCCC(C)(C)CCCCCNS(C)(=O)=O. The molecule has 3 nitrogen and oxygen atoms in total. The van der Waals surface area contributed by atoms with E-state index in [9.17, 15) is 8.42 Å². The van der Waals surface area contributed by atoms with Crippen LogP contribution < -0.4 is 4.72 Å². The van der Waals surface area contributed by atoms with E-state index in [2.05, 4.69) is 25.5 Å². The van der Waals surface area contributed by atoms with Crippen molar-refractivity contribution in [3.05, 3.63) is 0 Å². The van der Waals surface area contributed by atoms with Crippen molar-refractivity contribution in [1.82, 2.24) is 4.72 Å². The van der Waals surface area contributed by atoms with Gasteiger partial charge >= 0.3 is 0 Å². The van der Waals surface area contributed by atoms with E-state index in [1.165, 1.54) is 38.4 Å². The van der Waals surface area contributed by atoms with Crippen LogP contribution in [0.2, 0.25) is 0 Å². The fourth-order valence-electron chi connectivity index (χ4n) is 1.94. The van der Waals surface area contributed by atoms with E-state index >= 15 is 0 Å². The molecular formula is C13H29NO2S. The number of hydrogen-bond donors (Lipinski definition) is 1. The standard InChI is InChI=1S/C13H29NO2S/c1-5-6-10-13(2,3)11-8-7-9-12-14-17(4,15)16/h14H,5-12H2,1-4H3. The van der Waals surface area contributed by atoms with E-state index in [1.54, 1.807) is 0 Å². The Hall–Kier alpha value is -0.0900. The third kappa shape index (κ3) is 12.2. The summed E-state index contributed by atoms with van der Waals surface area (Å²) < 4.78 is 24.2. The molecule has 4 heteroatoms. The van der Waals surface area contributed by atoms with Crippen molar-refractivity contribution in [3.8, 4) is 0 Å². The van der Waals surface area contributed by atoms with Crippen LogP contribution in [0, 0.1) is 5.41 Å². The van der Waals surface area contributed by atoms with E-state index in [0.29, 0.717) is 12.0 Å². The maximum Gasteiger partial charge on any atom is 0.208 e. The molecule has 0 radical (unpaired) electrons. The van der Waals surface area contributed by atoms with Gasteiger partial charge in [-0.3, -0.25) is 0 Å². The summed E-state index contributed by atoms with van der Waals surface area (Å²) in [6.07, 6.45) is 9.57. The number of nitrogens with one attached hydrogen (secondary N) is 1. The summed E-state index contributed by atoms with van der Waals surface area (Å²) in [5, 5.41) is 0. The first-order valence-corrected chi connectivity index (χ1v) is 8.60. The van der Waals surface area contributed by atoms with Gasteiger partial charge in [-0.15, -0.1) is 0 Å². The molecule has 0 atom stereocenters. The van der Waals surface area contributed by atoms with Gasteiger partial charge in [0.15, 0.2) is 0 Å². The van der Waals surface area contributed by atoms with Crippen molar-refractivity contribution in [3.63, 3.8) is 0 Å². The molecule has 0 aliphatic carbocycles. The number of sulfonamides is 1. The summed E-state index contributed by atoms with van der Waals surface area (Å²) in [6.45, 7) is 7.47. The van der Waals surface area contributed by atoms with Crippen LogP contribution in [0.25, 0.3) is 0 Å². The second-order valence-electron chi connectivity index (χ2n) is 5.74. The van der Waals surface area contributed by atoms with Crippen LogP contribution in [0.1, 0.15) is 65.7 Å². The van der Waals surface area contributed by atoms with Crippen LogP contribution in [-0.2, 0) is 10.0 Å². The first-order chi connectivity index (χ1) is 7.77. The molecule has 0 amide bonds. The van der Waals surface area contributed by atoms with E-state index in [4.69, 9.17) is 0 Å². The van der Waals surface area contributed by atoms with Gasteiger partial charge in [0.2, 0.25) is 10.0 Å². The van der Waals surface area contributed by atoms with Gasteiger partial charge in [0.05, 0.1) is 6.26 Å². The van der Waals surface area contributed by atoms with Crippen molar-refractivity contribution < 1.29 is 8.42 Å². The molecule has 0 saturated carbocycles. The van der Waals surface area contributed by atoms with Crippen LogP contribution in [0.15, 0.2) is 0 Å². The Morgan fingerprint density at radius 1 is 1.00 bits per heavy atom. The Balaban J connectivity index is 3.50. The number of rotatable bonds is 10. The zero-order valence-electron chi connectivity index (χ0n) is 11.9. The van der Waals surface area contributed by atoms with Gasteiger partial charge in [-0.2, -0.15) is 0 Å². The van der Waals surface area contributed by atoms with Crippen LogP contribution in [0.4, 0.5) is 0 Å². The maximum atomic E-state index is 10.8. The average molecular weight is 263 g/mol. The van der Waals surface area contributed by atoms with Gasteiger partial charge in [-0.05, 0) is 24.7 Å². The second-order valence-corrected chi connectivity index (χ2v) is 7.58. The Morgan fingerprint density at radius 2 is 1.59 bits per heavy atom. The summed E-state index contributed by atoms with van der Waals surface area (Å²) in [5.74, 6) is 0. The monoisotopic (exact) mass is 263 g/mol. The topological polar surface area (TPSA) is 46.2 Å². The summed E-state index contributed by atoms with van der Waals surface area (Å²) >= 11 is 0. The summed E-state index contributed by atoms with van der Waals surface area (Å²) in [6, 6.07) is 0. The summed E-state index contributed by atoms with van der Waals surface area (Å²) in [5.41, 5.74) is 0.445. The van der Waals surface area contributed by atoms with Gasteiger partial charge < -0.3 is 0 Å². The van der Waals surface area contributed by atoms with Gasteiger partial charge in [0.25, 0.3) is 0 Å². The predicted octanol–water partition coefficient (Wildman–Crippen LogP) is 3.31. The zero-order valence-corrected chi connectivity index (χ0v) is 12.7. The lowest BCUT2D eigenvalue weighted by molar-refractivity contribution is 0.286. The van der Waals surface area contributed by atoms with Crippen LogP contribution >= 0.6 is 0 Å². The van der Waals surface area contributed by atoms with Gasteiger partial charge in [0, 0.05) is 6.54 Å². The maximum absolute atomic E-state index is 10.8. The fraction of sp³-hybridized carbons (Fsp3) is 1.00. The molecule has 0 aromatic carbocycles. The molecule has 0 spiro atoms. The molecule has 0 aliphatic rings. The molecule has 0 saturated heterocycles. The molecular weight excluding hydrogens is 234 g/mol. The average Bonchev–Trinajstić information content (AvgIpc) is 2.19. The minimum Gasteiger partial charge on any atom is -0.215 e. The quantitative estimate of drug-likeness (QED) is 0.615. The summed E-state index contributed by atoms with van der Waals surface area (Å²) in [7, 11) is -3.00. The Bertz CT molecular complexity index is 284. The van der Waals surface area contributed by atoms with Crippen LogP contribution in [-0.4, -0.2) is 21.2 Å². The molecule has 0 aliphatic heterocycles. The zero-order chi connectivity index (χ0) is 13.4. The first-order valence-electron chi connectivity index (χ1n) is 6.71. The molecule has 0 unspecified atom stereocenters.